The zero-order valence-electron chi connectivity index (χ0n) is 10.6. The zero-order chi connectivity index (χ0) is 15.1. The summed E-state index contributed by atoms with van der Waals surface area (Å²) < 4.78 is 13.2. The molecular formula is C15H8Cl2FNO2. The van der Waals surface area contributed by atoms with Gasteiger partial charge in [-0.2, -0.15) is 0 Å². The minimum absolute atomic E-state index is 0.0742. The quantitative estimate of drug-likeness (QED) is 0.787. The number of ketones is 1. The SMILES string of the molecule is O=C1C(=O)N(Cc2ccc(Cl)cc2Cl)c2ccc(F)cc21. The first kappa shape index (κ1) is 14.0. The third-order valence-corrected chi connectivity index (χ3v) is 3.86. The van der Waals surface area contributed by atoms with Crippen LogP contribution < -0.4 is 4.90 Å². The Balaban J connectivity index is 2.00. The summed E-state index contributed by atoms with van der Waals surface area (Å²) in [5.41, 5.74) is 1.11. The second kappa shape index (κ2) is 5.13. The molecule has 0 N–H and O–H groups in total. The van der Waals surface area contributed by atoms with Gasteiger partial charge < -0.3 is 4.90 Å². The first-order chi connectivity index (χ1) is 9.97. The van der Waals surface area contributed by atoms with Crippen LogP contribution in [0.15, 0.2) is 36.4 Å². The molecule has 0 saturated carbocycles. The average molecular weight is 324 g/mol. The molecular weight excluding hydrogens is 316 g/mol. The molecule has 3 rings (SSSR count). The molecule has 0 aromatic heterocycles. The lowest BCUT2D eigenvalue weighted by Gasteiger charge is -2.17. The Kier molecular flexibility index (Phi) is 3.43. The molecule has 3 nitrogen and oxygen atoms in total. The van der Waals surface area contributed by atoms with Crippen molar-refractivity contribution in [2.45, 2.75) is 6.54 Å². The molecule has 0 fully saturated rings. The van der Waals surface area contributed by atoms with Gasteiger partial charge in [0.1, 0.15) is 5.82 Å². The normalized spacial score (nSPS) is 13.8. The van der Waals surface area contributed by atoms with E-state index in [0.717, 1.165) is 6.07 Å². The average Bonchev–Trinajstić information content (AvgIpc) is 2.66. The van der Waals surface area contributed by atoms with Crippen molar-refractivity contribution in [2.75, 3.05) is 4.90 Å². The summed E-state index contributed by atoms with van der Waals surface area (Å²) in [6.07, 6.45) is 0. The highest BCUT2D eigenvalue weighted by atomic mass is 35.5. The number of anilines is 1. The molecule has 0 aliphatic carbocycles. The number of carbonyl (C=O) groups is 2. The molecule has 1 aliphatic rings. The number of halogens is 3. The van der Waals surface area contributed by atoms with E-state index in [9.17, 15) is 14.0 Å². The van der Waals surface area contributed by atoms with Crippen LogP contribution in [0.2, 0.25) is 10.0 Å². The number of fused-ring (bicyclic) bond motifs is 1. The van der Waals surface area contributed by atoms with Crippen molar-refractivity contribution < 1.29 is 14.0 Å². The molecule has 1 aliphatic heterocycles. The van der Waals surface area contributed by atoms with Gasteiger partial charge in [-0.05, 0) is 35.9 Å². The van der Waals surface area contributed by atoms with Crippen molar-refractivity contribution in [3.63, 3.8) is 0 Å². The van der Waals surface area contributed by atoms with Gasteiger partial charge >= 0.3 is 0 Å². The second-order valence-corrected chi connectivity index (χ2v) is 5.46. The Morgan fingerprint density at radius 3 is 2.52 bits per heavy atom. The van der Waals surface area contributed by atoms with Gasteiger partial charge in [-0.15, -0.1) is 0 Å². The van der Waals surface area contributed by atoms with Crippen LogP contribution in [0.3, 0.4) is 0 Å². The van der Waals surface area contributed by atoms with Gasteiger partial charge in [0, 0.05) is 10.0 Å². The van der Waals surface area contributed by atoms with Gasteiger partial charge in [-0.25, -0.2) is 4.39 Å². The largest absolute Gasteiger partial charge is 0.300 e. The van der Waals surface area contributed by atoms with Gasteiger partial charge in [-0.1, -0.05) is 29.3 Å². The molecule has 1 amide bonds. The van der Waals surface area contributed by atoms with Crippen molar-refractivity contribution in [1.29, 1.82) is 0 Å². The zero-order valence-corrected chi connectivity index (χ0v) is 12.1. The molecule has 1 heterocycles. The molecule has 0 bridgehead atoms. The molecule has 6 heteroatoms. The Labute approximate surface area is 129 Å². The number of nitrogens with zero attached hydrogens (tertiary/aromatic N) is 1. The Morgan fingerprint density at radius 1 is 1.05 bits per heavy atom. The molecule has 0 atom stereocenters. The van der Waals surface area contributed by atoms with Crippen LogP contribution in [-0.2, 0) is 11.3 Å². The number of hydrogen-bond donors (Lipinski definition) is 0. The van der Waals surface area contributed by atoms with Crippen molar-refractivity contribution in [3.05, 3.63) is 63.4 Å². The maximum absolute atomic E-state index is 13.2. The number of amides is 1. The topological polar surface area (TPSA) is 37.4 Å². The molecule has 2 aromatic carbocycles. The Hall–Kier alpha value is -1.91. The second-order valence-electron chi connectivity index (χ2n) is 4.62. The predicted octanol–water partition coefficient (Wildman–Crippen LogP) is 3.86. The highest BCUT2D eigenvalue weighted by Crippen LogP contribution is 2.32. The monoisotopic (exact) mass is 323 g/mol. The number of rotatable bonds is 2. The fourth-order valence-corrected chi connectivity index (χ4v) is 2.72. The van der Waals surface area contributed by atoms with Gasteiger partial charge in [0.25, 0.3) is 11.7 Å². The first-order valence-corrected chi connectivity index (χ1v) is 6.82. The highest BCUT2D eigenvalue weighted by molar-refractivity contribution is 6.52. The van der Waals surface area contributed by atoms with Crippen LogP contribution >= 0.6 is 23.2 Å². The van der Waals surface area contributed by atoms with Gasteiger partial charge in [0.2, 0.25) is 0 Å². The molecule has 2 aromatic rings. The van der Waals surface area contributed by atoms with Crippen molar-refractivity contribution in [3.8, 4) is 0 Å². The van der Waals surface area contributed by atoms with Crippen LogP contribution in [-0.4, -0.2) is 11.7 Å². The highest BCUT2D eigenvalue weighted by Gasteiger charge is 2.36. The van der Waals surface area contributed by atoms with E-state index in [1.807, 2.05) is 0 Å². The van der Waals surface area contributed by atoms with E-state index >= 15 is 0 Å². The molecule has 0 radical (unpaired) electrons. The van der Waals surface area contributed by atoms with E-state index in [1.54, 1.807) is 18.2 Å². The van der Waals surface area contributed by atoms with E-state index in [4.69, 9.17) is 23.2 Å². The van der Waals surface area contributed by atoms with Crippen LogP contribution in [0.4, 0.5) is 10.1 Å². The summed E-state index contributed by atoms with van der Waals surface area (Å²) >= 11 is 11.9. The van der Waals surface area contributed by atoms with Crippen LogP contribution in [0, 0.1) is 5.82 Å². The standard InChI is InChI=1S/C15H8Cl2FNO2/c16-9-2-1-8(12(17)5-9)7-19-13-4-3-10(18)6-11(13)14(20)15(19)21/h1-6H,7H2. The molecule has 0 spiro atoms. The first-order valence-electron chi connectivity index (χ1n) is 6.07. The molecule has 21 heavy (non-hydrogen) atoms. The van der Waals surface area contributed by atoms with Gasteiger partial charge in [0.15, 0.2) is 0 Å². The van der Waals surface area contributed by atoms with Crippen LogP contribution in [0.1, 0.15) is 15.9 Å². The lowest BCUT2D eigenvalue weighted by atomic mass is 10.1. The third kappa shape index (κ3) is 2.41. The molecule has 0 saturated heterocycles. The summed E-state index contributed by atoms with van der Waals surface area (Å²) in [6, 6.07) is 8.59. The maximum atomic E-state index is 13.2. The van der Waals surface area contributed by atoms with E-state index in [1.165, 1.54) is 17.0 Å². The van der Waals surface area contributed by atoms with Gasteiger partial charge in [-0.3, -0.25) is 9.59 Å². The fourth-order valence-electron chi connectivity index (χ4n) is 2.25. The van der Waals surface area contributed by atoms with Gasteiger partial charge in [0.05, 0.1) is 17.8 Å². The fraction of sp³-hybridized carbons (Fsp3) is 0.0667. The summed E-state index contributed by atoms with van der Waals surface area (Å²) in [7, 11) is 0. The number of Topliss-reactive ketones (excluding diaryl/α,β-unsaturated/α-hetero) is 1. The lowest BCUT2D eigenvalue weighted by molar-refractivity contribution is -0.114. The Morgan fingerprint density at radius 2 is 1.81 bits per heavy atom. The van der Waals surface area contributed by atoms with Crippen LogP contribution in [0.25, 0.3) is 0 Å². The van der Waals surface area contributed by atoms with Crippen molar-refractivity contribution >= 4 is 40.6 Å². The Bertz CT molecular complexity index is 776. The van der Waals surface area contributed by atoms with Crippen molar-refractivity contribution in [1.82, 2.24) is 0 Å². The summed E-state index contributed by atoms with van der Waals surface area (Å²) in [4.78, 5) is 25.2. The number of benzene rings is 2. The number of carbonyl (C=O) groups excluding carboxylic acids is 2. The lowest BCUT2D eigenvalue weighted by Crippen LogP contribution is -2.29. The molecule has 0 unspecified atom stereocenters. The van der Waals surface area contributed by atoms with E-state index in [0.29, 0.717) is 21.3 Å². The van der Waals surface area contributed by atoms with Crippen molar-refractivity contribution in [2.24, 2.45) is 0 Å². The predicted molar refractivity (Wildman–Crippen MR) is 78.4 cm³/mol. The number of hydrogen-bond acceptors (Lipinski definition) is 2. The molecule has 106 valence electrons. The van der Waals surface area contributed by atoms with E-state index in [-0.39, 0.29) is 12.1 Å². The summed E-state index contributed by atoms with van der Waals surface area (Å²) in [6.45, 7) is 0.124. The minimum Gasteiger partial charge on any atom is -0.300 e. The maximum Gasteiger partial charge on any atom is 0.299 e. The van der Waals surface area contributed by atoms with E-state index in [2.05, 4.69) is 0 Å². The van der Waals surface area contributed by atoms with E-state index < -0.39 is 17.5 Å². The third-order valence-electron chi connectivity index (χ3n) is 3.28. The summed E-state index contributed by atoms with van der Waals surface area (Å²) in [5.74, 6) is -1.96. The minimum atomic E-state index is -0.713. The van der Waals surface area contributed by atoms with Crippen LogP contribution in [0.5, 0.6) is 0 Å². The smallest absolute Gasteiger partial charge is 0.299 e. The summed E-state index contributed by atoms with van der Waals surface area (Å²) in [5, 5.41) is 0.883.